The summed E-state index contributed by atoms with van der Waals surface area (Å²) in [5.41, 5.74) is 1.63. The smallest absolute Gasteiger partial charge is 0.316 e. The Morgan fingerprint density at radius 3 is 2.39 bits per heavy atom. The van der Waals surface area contributed by atoms with Crippen LogP contribution in [0.2, 0.25) is 0 Å². The molecule has 0 aliphatic rings. The summed E-state index contributed by atoms with van der Waals surface area (Å²) in [5.74, 6) is -0.921. The van der Waals surface area contributed by atoms with Gasteiger partial charge >= 0.3 is 6.01 Å². The number of nitrogens with zero attached hydrogens (tertiary/aromatic N) is 2. The first-order chi connectivity index (χ1) is 10.9. The zero-order chi connectivity index (χ0) is 17.0. The zero-order valence-corrected chi connectivity index (χ0v) is 13.4. The number of rotatable bonds is 5. The largest absolute Gasteiger partial charge is 0.478 e. The first-order valence-electron chi connectivity index (χ1n) is 7.03. The third-order valence-electron chi connectivity index (χ3n) is 3.19. The standard InChI is InChI=1S/C16H18FN3O3/c1-9-14(10(2)19-16(18-9)22-4)20-15(21)11(3)23-13-8-6-5-7-12(13)17/h5-8,11H,1-4H3,(H,20,21). The molecule has 2 aromatic rings. The van der Waals surface area contributed by atoms with Gasteiger partial charge in [0.05, 0.1) is 24.2 Å². The van der Waals surface area contributed by atoms with E-state index in [1.54, 1.807) is 26.0 Å². The summed E-state index contributed by atoms with van der Waals surface area (Å²) in [7, 11) is 1.47. The summed E-state index contributed by atoms with van der Waals surface area (Å²) in [5, 5.41) is 2.70. The summed E-state index contributed by atoms with van der Waals surface area (Å²) in [6, 6.07) is 6.15. The fraction of sp³-hybridized carbons (Fsp3) is 0.312. The number of carbonyl (C=O) groups excluding carboxylic acids is 1. The lowest BCUT2D eigenvalue weighted by Crippen LogP contribution is -2.31. The molecule has 1 atom stereocenters. The molecule has 0 spiro atoms. The van der Waals surface area contributed by atoms with Gasteiger partial charge in [-0.2, -0.15) is 9.97 Å². The monoisotopic (exact) mass is 319 g/mol. The maximum atomic E-state index is 13.6. The molecule has 0 saturated carbocycles. The minimum atomic E-state index is -0.882. The van der Waals surface area contributed by atoms with Crippen molar-refractivity contribution in [1.29, 1.82) is 0 Å². The molecule has 1 aromatic carbocycles. The second kappa shape index (κ2) is 7.04. The van der Waals surface area contributed by atoms with Crippen molar-refractivity contribution in [3.63, 3.8) is 0 Å². The average Bonchev–Trinajstić information content (AvgIpc) is 2.52. The number of hydrogen-bond donors (Lipinski definition) is 1. The topological polar surface area (TPSA) is 73.3 Å². The Hall–Kier alpha value is -2.70. The molecular formula is C16H18FN3O3. The Bertz CT molecular complexity index is 698. The number of ether oxygens (including phenoxy) is 2. The number of para-hydroxylation sites is 1. The lowest BCUT2D eigenvalue weighted by molar-refractivity contribution is -0.122. The predicted molar refractivity (Wildman–Crippen MR) is 83.2 cm³/mol. The molecule has 0 aliphatic heterocycles. The Labute approximate surface area is 133 Å². The Morgan fingerprint density at radius 2 is 1.83 bits per heavy atom. The van der Waals surface area contributed by atoms with Crippen LogP contribution in [-0.4, -0.2) is 29.1 Å². The van der Waals surface area contributed by atoms with Crippen molar-refractivity contribution in [2.24, 2.45) is 0 Å². The average molecular weight is 319 g/mol. The van der Waals surface area contributed by atoms with Crippen LogP contribution in [0.4, 0.5) is 10.1 Å². The van der Waals surface area contributed by atoms with Crippen molar-refractivity contribution in [2.75, 3.05) is 12.4 Å². The molecule has 1 amide bonds. The number of methoxy groups -OCH3 is 1. The van der Waals surface area contributed by atoms with E-state index in [9.17, 15) is 9.18 Å². The molecule has 1 unspecified atom stereocenters. The van der Waals surface area contributed by atoms with E-state index in [4.69, 9.17) is 9.47 Å². The number of carbonyl (C=O) groups is 1. The van der Waals surface area contributed by atoms with Crippen LogP contribution in [0.1, 0.15) is 18.3 Å². The molecule has 0 saturated heterocycles. The van der Waals surface area contributed by atoms with Crippen LogP contribution in [0.25, 0.3) is 0 Å². The van der Waals surface area contributed by atoms with Crippen molar-refractivity contribution in [3.8, 4) is 11.8 Å². The van der Waals surface area contributed by atoms with E-state index in [1.807, 2.05) is 0 Å². The van der Waals surface area contributed by atoms with Gasteiger partial charge in [0.15, 0.2) is 17.7 Å². The minimum absolute atomic E-state index is 0.0228. The highest BCUT2D eigenvalue weighted by Crippen LogP contribution is 2.21. The minimum Gasteiger partial charge on any atom is -0.478 e. The van der Waals surface area contributed by atoms with Gasteiger partial charge in [0.25, 0.3) is 5.91 Å². The molecule has 1 N–H and O–H groups in total. The Kier molecular flexibility index (Phi) is 5.10. The fourth-order valence-corrected chi connectivity index (χ4v) is 1.97. The number of aryl methyl sites for hydroxylation is 2. The molecule has 1 aromatic heterocycles. The van der Waals surface area contributed by atoms with Gasteiger partial charge in [-0.1, -0.05) is 12.1 Å². The van der Waals surface area contributed by atoms with Crippen molar-refractivity contribution in [3.05, 3.63) is 41.5 Å². The van der Waals surface area contributed by atoms with E-state index in [2.05, 4.69) is 15.3 Å². The van der Waals surface area contributed by atoms with E-state index in [1.165, 1.54) is 26.2 Å². The van der Waals surface area contributed by atoms with Gasteiger partial charge in [0.1, 0.15) is 0 Å². The molecule has 0 fully saturated rings. The molecule has 0 bridgehead atoms. The molecule has 122 valence electrons. The first-order valence-corrected chi connectivity index (χ1v) is 7.03. The maximum Gasteiger partial charge on any atom is 0.316 e. The number of benzene rings is 1. The first kappa shape index (κ1) is 16.7. The third kappa shape index (κ3) is 3.94. The summed E-state index contributed by atoms with van der Waals surface area (Å²) < 4.78 is 23.9. The molecule has 0 radical (unpaired) electrons. The maximum absolute atomic E-state index is 13.6. The van der Waals surface area contributed by atoms with E-state index in [0.717, 1.165) is 0 Å². The van der Waals surface area contributed by atoms with Gasteiger partial charge < -0.3 is 14.8 Å². The van der Waals surface area contributed by atoms with Crippen LogP contribution in [0.3, 0.4) is 0 Å². The van der Waals surface area contributed by atoms with Crippen molar-refractivity contribution in [1.82, 2.24) is 9.97 Å². The molecule has 2 rings (SSSR count). The van der Waals surface area contributed by atoms with Gasteiger partial charge in [0, 0.05) is 0 Å². The van der Waals surface area contributed by atoms with Crippen LogP contribution in [0, 0.1) is 19.7 Å². The summed E-state index contributed by atoms with van der Waals surface area (Å²) in [4.78, 5) is 20.5. The molecule has 6 nitrogen and oxygen atoms in total. The van der Waals surface area contributed by atoms with Gasteiger partial charge in [-0.15, -0.1) is 0 Å². The number of hydrogen-bond acceptors (Lipinski definition) is 5. The highest BCUT2D eigenvalue weighted by atomic mass is 19.1. The van der Waals surface area contributed by atoms with Crippen LogP contribution in [0.15, 0.2) is 24.3 Å². The van der Waals surface area contributed by atoms with Crippen LogP contribution >= 0.6 is 0 Å². The van der Waals surface area contributed by atoms with Crippen molar-refractivity contribution < 1.29 is 18.7 Å². The molecule has 1 heterocycles. The normalized spacial score (nSPS) is 11.7. The fourth-order valence-electron chi connectivity index (χ4n) is 1.97. The number of nitrogens with one attached hydrogen (secondary N) is 1. The lowest BCUT2D eigenvalue weighted by Gasteiger charge is -2.17. The second-order valence-corrected chi connectivity index (χ2v) is 4.94. The van der Waals surface area contributed by atoms with Crippen LogP contribution in [-0.2, 0) is 4.79 Å². The van der Waals surface area contributed by atoms with Crippen LogP contribution < -0.4 is 14.8 Å². The van der Waals surface area contributed by atoms with E-state index in [-0.39, 0.29) is 11.8 Å². The Morgan fingerprint density at radius 1 is 1.22 bits per heavy atom. The van der Waals surface area contributed by atoms with Gasteiger partial charge in [0.2, 0.25) is 0 Å². The third-order valence-corrected chi connectivity index (χ3v) is 3.19. The van der Waals surface area contributed by atoms with Crippen molar-refractivity contribution in [2.45, 2.75) is 26.9 Å². The van der Waals surface area contributed by atoms with Crippen molar-refractivity contribution >= 4 is 11.6 Å². The molecule has 23 heavy (non-hydrogen) atoms. The number of aromatic nitrogens is 2. The SMILES string of the molecule is COc1nc(C)c(NC(=O)C(C)Oc2ccccc2F)c(C)n1. The van der Waals surface area contributed by atoms with E-state index < -0.39 is 17.8 Å². The number of amides is 1. The highest BCUT2D eigenvalue weighted by Gasteiger charge is 2.19. The van der Waals surface area contributed by atoms with Gasteiger partial charge in [-0.05, 0) is 32.9 Å². The summed E-state index contributed by atoms with van der Waals surface area (Å²) in [6.45, 7) is 5.00. The van der Waals surface area contributed by atoms with E-state index in [0.29, 0.717) is 17.1 Å². The van der Waals surface area contributed by atoms with E-state index >= 15 is 0 Å². The molecular weight excluding hydrogens is 301 g/mol. The lowest BCUT2D eigenvalue weighted by atomic mass is 10.2. The molecule has 7 heteroatoms. The van der Waals surface area contributed by atoms with Crippen LogP contribution in [0.5, 0.6) is 11.8 Å². The van der Waals surface area contributed by atoms with Gasteiger partial charge in [-0.25, -0.2) is 4.39 Å². The summed E-state index contributed by atoms with van der Waals surface area (Å²) in [6.07, 6.45) is -0.882. The quantitative estimate of drug-likeness (QED) is 0.917. The number of anilines is 1. The zero-order valence-electron chi connectivity index (χ0n) is 13.4. The van der Waals surface area contributed by atoms with Gasteiger partial charge in [-0.3, -0.25) is 4.79 Å². The summed E-state index contributed by atoms with van der Waals surface area (Å²) >= 11 is 0. The second-order valence-electron chi connectivity index (χ2n) is 4.94. The predicted octanol–water partition coefficient (Wildman–Crippen LogP) is 2.65. The molecule has 0 aliphatic carbocycles. The highest BCUT2D eigenvalue weighted by molar-refractivity contribution is 5.95. The Balaban J connectivity index is 2.11. The number of halogens is 1.